The van der Waals surface area contributed by atoms with Gasteiger partial charge in [0, 0.05) is 12.4 Å². The maximum atomic E-state index is 12.6. The topological polar surface area (TPSA) is 95.6 Å². The van der Waals surface area contributed by atoms with E-state index in [4.69, 9.17) is 0 Å². The number of nitrogens with zero attached hydrogens (tertiary/aromatic N) is 1. The van der Waals surface area contributed by atoms with Crippen LogP contribution in [0.25, 0.3) is 10.8 Å². The van der Waals surface area contributed by atoms with Crippen LogP contribution in [0.15, 0.2) is 41.3 Å². The predicted molar refractivity (Wildman–Crippen MR) is 81.1 cm³/mol. The minimum absolute atomic E-state index is 0.174. The molecule has 1 heterocycles. The van der Waals surface area contributed by atoms with Crippen molar-refractivity contribution >= 4 is 38.4 Å². The second kappa shape index (κ2) is 4.99. The standard InChI is InChI=1S/C14H13N3O4S/c1-15-14(19)16-12(18)8-17-10-6-2-4-9-5-3-7-11(13(9)10)22(17,20)21/h2-7H,8H2,1H3,(H2,15,16,18,19). The van der Waals surface area contributed by atoms with E-state index in [0.29, 0.717) is 11.1 Å². The van der Waals surface area contributed by atoms with Gasteiger partial charge in [0.2, 0.25) is 5.91 Å². The van der Waals surface area contributed by atoms with Crippen molar-refractivity contribution in [3.63, 3.8) is 0 Å². The molecule has 8 heteroatoms. The Kier molecular flexibility index (Phi) is 3.25. The van der Waals surface area contributed by atoms with Gasteiger partial charge in [0.1, 0.15) is 6.54 Å². The highest BCUT2D eigenvalue weighted by atomic mass is 32.2. The van der Waals surface area contributed by atoms with Crippen molar-refractivity contribution < 1.29 is 18.0 Å². The van der Waals surface area contributed by atoms with E-state index in [9.17, 15) is 18.0 Å². The van der Waals surface area contributed by atoms with Crippen LogP contribution in [-0.4, -0.2) is 33.9 Å². The van der Waals surface area contributed by atoms with E-state index in [0.717, 1.165) is 9.69 Å². The summed E-state index contributed by atoms with van der Waals surface area (Å²) in [5.41, 5.74) is 0.445. The highest BCUT2D eigenvalue weighted by Gasteiger charge is 2.36. The molecular formula is C14H13N3O4S. The Balaban J connectivity index is 2.03. The molecule has 0 atom stereocenters. The molecule has 2 N–H and O–H groups in total. The predicted octanol–water partition coefficient (Wildman–Crippen LogP) is 0.804. The van der Waals surface area contributed by atoms with Crippen molar-refractivity contribution in [1.82, 2.24) is 10.6 Å². The zero-order valence-corrected chi connectivity index (χ0v) is 12.5. The fraction of sp³-hybridized carbons (Fsp3) is 0.143. The molecule has 7 nitrogen and oxygen atoms in total. The fourth-order valence-corrected chi connectivity index (χ4v) is 4.15. The highest BCUT2D eigenvalue weighted by molar-refractivity contribution is 7.93. The van der Waals surface area contributed by atoms with Crippen LogP contribution >= 0.6 is 0 Å². The summed E-state index contributed by atoms with van der Waals surface area (Å²) in [6.45, 7) is -0.455. The molecule has 0 unspecified atom stereocenters. The number of sulfonamides is 1. The normalized spacial score (nSPS) is 14.9. The number of carbonyl (C=O) groups excluding carboxylic acids is 2. The van der Waals surface area contributed by atoms with Crippen LogP contribution in [0.1, 0.15) is 0 Å². The van der Waals surface area contributed by atoms with Gasteiger partial charge >= 0.3 is 6.03 Å². The number of benzene rings is 2. The SMILES string of the molecule is CNC(=O)NC(=O)CN1c2cccc3cccc(c23)S1(=O)=O. The van der Waals surface area contributed by atoms with Gasteiger partial charge in [-0.25, -0.2) is 13.2 Å². The Labute approximate surface area is 127 Å². The average molecular weight is 319 g/mol. The first-order chi connectivity index (χ1) is 10.4. The van der Waals surface area contributed by atoms with Crippen molar-refractivity contribution in [1.29, 1.82) is 0 Å². The minimum Gasteiger partial charge on any atom is -0.341 e. The van der Waals surface area contributed by atoms with Crippen molar-refractivity contribution in [3.8, 4) is 0 Å². The molecule has 1 aliphatic rings. The Bertz CT molecular complexity index is 887. The zero-order chi connectivity index (χ0) is 15.9. The Morgan fingerprint density at radius 1 is 1.14 bits per heavy atom. The summed E-state index contributed by atoms with van der Waals surface area (Å²) in [5, 5.41) is 5.68. The molecule has 0 saturated heterocycles. The van der Waals surface area contributed by atoms with E-state index in [1.165, 1.54) is 13.1 Å². The van der Waals surface area contributed by atoms with Gasteiger partial charge < -0.3 is 5.32 Å². The van der Waals surface area contributed by atoms with E-state index >= 15 is 0 Å². The second-order valence-corrected chi connectivity index (χ2v) is 6.60. The lowest BCUT2D eigenvalue weighted by Crippen LogP contribution is -2.44. The molecule has 22 heavy (non-hydrogen) atoms. The Hall–Kier alpha value is -2.61. The lowest BCUT2D eigenvalue weighted by atomic mass is 10.1. The number of hydrogen-bond acceptors (Lipinski definition) is 4. The number of amides is 3. The van der Waals surface area contributed by atoms with E-state index < -0.39 is 28.5 Å². The largest absolute Gasteiger partial charge is 0.341 e. The maximum absolute atomic E-state index is 12.6. The summed E-state index contributed by atoms with van der Waals surface area (Å²) in [7, 11) is -2.43. The smallest absolute Gasteiger partial charge is 0.321 e. The van der Waals surface area contributed by atoms with Gasteiger partial charge in [0.15, 0.2) is 0 Å². The average Bonchev–Trinajstić information content (AvgIpc) is 2.71. The van der Waals surface area contributed by atoms with Gasteiger partial charge in [0.05, 0.1) is 10.6 Å². The van der Waals surface area contributed by atoms with Crippen molar-refractivity contribution in [2.45, 2.75) is 4.90 Å². The summed E-state index contributed by atoms with van der Waals surface area (Å²) < 4.78 is 26.2. The zero-order valence-electron chi connectivity index (χ0n) is 11.7. The maximum Gasteiger partial charge on any atom is 0.321 e. The Morgan fingerprint density at radius 3 is 2.50 bits per heavy atom. The third-order valence-corrected chi connectivity index (χ3v) is 5.25. The summed E-state index contributed by atoms with van der Waals surface area (Å²) >= 11 is 0. The number of imide groups is 1. The molecule has 2 aromatic carbocycles. The van der Waals surface area contributed by atoms with Crippen LogP contribution < -0.4 is 14.9 Å². The number of carbonyl (C=O) groups is 2. The number of rotatable bonds is 2. The molecular weight excluding hydrogens is 306 g/mol. The van der Waals surface area contributed by atoms with Crippen LogP contribution in [0.4, 0.5) is 10.5 Å². The van der Waals surface area contributed by atoms with Gasteiger partial charge in [-0.1, -0.05) is 24.3 Å². The molecule has 2 aromatic rings. The van der Waals surface area contributed by atoms with Crippen molar-refractivity contribution in [2.24, 2.45) is 0 Å². The molecule has 0 spiro atoms. The van der Waals surface area contributed by atoms with Crippen molar-refractivity contribution in [2.75, 3.05) is 17.9 Å². The third kappa shape index (κ3) is 2.08. The molecule has 1 aliphatic heterocycles. The fourth-order valence-electron chi connectivity index (χ4n) is 2.49. The summed E-state index contributed by atoms with van der Waals surface area (Å²) in [6, 6.07) is 9.48. The van der Waals surface area contributed by atoms with E-state index in [1.54, 1.807) is 18.2 Å². The van der Waals surface area contributed by atoms with Crippen LogP contribution in [0.2, 0.25) is 0 Å². The minimum atomic E-state index is -3.80. The van der Waals surface area contributed by atoms with E-state index in [-0.39, 0.29) is 4.90 Å². The molecule has 0 fully saturated rings. The molecule has 0 aromatic heterocycles. The number of anilines is 1. The van der Waals surface area contributed by atoms with Crippen LogP contribution in [-0.2, 0) is 14.8 Å². The second-order valence-electron chi connectivity index (χ2n) is 4.77. The van der Waals surface area contributed by atoms with Crippen LogP contribution in [0, 0.1) is 0 Å². The summed E-state index contributed by atoms with van der Waals surface area (Å²) in [6.07, 6.45) is 0. The quantitative estimate of drug-likeness (QED) is 0.856. The lowest BCUT2D eigenvalue weighted by Gasteiger charge is -2.17. The molecule has 0 radical (unpaired) electrons. The van der Waals surface area contributed by atoms with Gasteiger partial charge in [-0.05, 0) is 17.5 Å². The van der Waals surface area contributed by atoms with E-state index in [2.05, 4.69) is 10.6 Å². The number of nitrogens with one attached hydrogen (secondary N) is 2. The first-order valence-corrected chi connectivity index (χ1v) is 7.95. The van der Waals surface area contributed by atoms with Crippen LogP contribution in [0.3, 0.4) is 0 Å². The number of hydrogen-bond donors (Lipinski definition) is 2. The monoisotopic (exact) mass is 319 g/mol. The van der Waals surface area contributed by atoms with Gasteiger partial charge in [-0.3, -0.25) is 14.4 Å². The van der Waals surface area contributed by atoms with Gasteiger partial charge in [-0.15, -0.1) is 0 Å². The summed E-state index contributed by atoms with van der Waals surface area (Å²) in [5.74, 6) is -0.701. The van der Waals surface area contributed by atoms with Crippen molar-refractivity contribution in [3.05, 3.63) is 36.4 Å². The lowest BCUT2D eigenvalue weighted by molar-refractivity contribution is -0.118. The molecule has 0 aliphatic carbocycles. The molecule has 3 amide bonds. The third-order valence-electron chi connectivity index (χ3n) is 3.45. The van der Waals surface area contributed by atoms with Gasteiger partial charge in [-0.2, -0.15) is 0 Å². The first-order valence-electron chi connectivity index (χ1n) is 6.51. The van der Waals surface area contributed by atoms with Gasteiger partial charge in [0.25, 0.3) is 10.0 Å². The van der Waals surface area contributed by atoms with Crippen LogP contribution in [0.5, 0.6) is 0 Å². The molecule has 3 rings (SSSR count). The molecule has 0 saturated carbocycles. The molecule has 0 bridgehead atoms. The number of urea groups is 1. The molecule has 114 valence electrons. The first kappa shape index (κ1) is 14.3. The highest BCUT2D eigenvalue weighted by Crippen LogP contribution is 2.41. The summed E-state index contributed by atoms with van der Waals surface area (Å²) in [4.78, 5) is 23.2. The van der Waals surface area contributed by atoms with E-state index in [1.807, 2.05) is 12.1 Å². The Morgan fingerprint density at radius 2 is 1.82 bits per heavy atom.